The second kappa shape index (κ2) is 12.9. The summed E-state index contributed by atoms with van der Waals surface area (Å²) in [6.07, 6.45) is -3.36. The zero-order valence-corrected chi connectivity index (χ0v) is 23.7. The summed E-state index contributed by atoms with van der Waals surface area (Å²) in [5, 5.41) is -0.141. The molecule has 0 saturated carbocycles. The van der Waals surface area contributed by atoms with Gasteiger partial charge in [-0.3, -0.25) is 9.69 Å². The molecular weight excluding hydrogens is 567 g/mol. The third-order valence-electron chi connectivity index (χ3n) is 7.03. The van der Waals surface area contributed by atoms with Crippen molar-refractivity contribution in [1.29, 1.82) is 0 Å². The molecule has 4 aromatic rings. The van der Waals surface area contributed by atoms with Gasteiger partial charge in [0.05, 0.1) is 36.8 Å². The van der Waals surface area contributed by atoms with Crippen LogP contribution in [-0.4, -0.2) is 44.3 Å². The molecule has 0 aliphatic carbocycles. The maximum absolute atomic E-state index is 14.4. The van der Waals surface area contributed by atoms with E-state index in [4.69, 9.17) is 23.4 Å². The van der Waals surface area contributed by atoms with Crippen LogP contribution in [-0.2, 0) is 23.9 Å². The average Bonchev–Trinajstić information content (AvgIpc) is 3.00. The summed E-state index contributed by atoms with van der Waals surface area (Å²) in [7, 11) is 1.49. The van der Waals surface area contributed by atoms with Gasteiger partial charge in [0, 0.05) is 19.6 Å². The maximum atomic E-state index is 14.4. The zero-order valence-electron chi connectivity index (χ0n) is 23.7. The molecule has 1 fully saturated rings. The number of nitrogens with zero attached hydrogens (tertiary/aromatic N) is 1. The Morgan fingerprint density at radius 3 is 2.26 bits per heavy atom. The minimum absolute atomic E-state index is 0.0312. The van der Waals surface area contributed by atoms with Gasteiger partial charge >= 0.3 is 12.1 Å². The molecule has 0 unspecified atom stereocenters. The lowest BCUT2D eigenvalue weighted by Gasteiger charge is -2.27. The van der Waals surface area contributed by atoms with Crippen molar-refractivity contribution < 1.29 is 41.3 Å². The van der Waals surface area contributed by atoms with E-state index in [0.717, 1.165) is 18.4 Å². The van der Waals surface area contributed by atoms with E-state index in [1.807, 2.05) is 11.8 Å². The highest BCUT2D eigenvalue weighted by Crippen LogP contribution is 2.40. The van der Waals surface area contributed by atoms with Crippen LogP contribution in [0.4, 0.5) is 13.2 Å². The summed E-state index contributed by atoms with van der Waals surface area (Å²) in [4.78, 5) is 28.5. The summed E-state index contributed by atoms with van der Waals surface area (Å²) in [5.41, 5.74) is -0.0263. The number of ether oxygens (including phenoxy) is 4. The molecule has 0 bridgehead atoms. The van der Waals surface area contributed by atoms with E-state index >= 15 is 0 Å². The molecule has 11 heteroatoms. The molecule has 0 radical (unpaired) electrons. The topological polar surface area (TPSA) is 87.4 Å². The first-order valence-corrected chi connectivity index (χ1v) is 13.8. The molecule has 2 heterocycles. The quantitative estimate of drug-likeness (QED) is 0.157. The van der Waals surface area contributed by atoms with Crippen molar-refractivity contribution in [3.8, 4) is 23.0 Å². The lowest BCUT2D eigenvalue weighted by molar-refractivity contribution is -0.154. The molecule has 43 heavy (non-hydrogen) atoms. The van der Waals surface area contributed by atoms with Gasteiger partial charge in [0.15, 0.2) is 0 Å². The fourth-order valence-corrected chi connectivity index (χ4v) is 4.80. The van der Waals surface area contributed by atoms with Gasteiger partial charge in [-0.2, -0.15) is 13.2 Å². The molecule has 1 aliphatic heterocycles. The Kier molecular flexibility index (Phi) is 9.02. The van der Waals surface area contributed by atoms with E-state index in [-0.39, 0.29) is 40.1 Å². The SMILES string of the molecule is CCCc1ccc(Oc2c(C(F)(F)F)oc3c(CN4CCOCC4)c(OC(=O)c4ccc(OC)cc4)ccc3c2=O)cc1. The Hall–Kier alpha value is -4.35. The minimum atomic E-state index is -5.06. The minimum Gasteiger partial charge on any atom is -0.497 e. The standard InChI is InChI=1S/C32H30F3NO7/c1-3-4-20-5-9-23(10-6-20)41-29-27(37)24-13-14-26(42-31(38)21-7-11-22(39-2)12-8-21)25(19-36-15-17-40-18-16-36)28(24)43-30(29)32(33,34)35/h5-14H,3-4,15-19H2,1-2H3. The number of fused-ring (bicyclic) bond motifs is 1. The fraction of sp³-hybridized carbons (Fsp3) is 0.312. The van der Waals surface area contributed by atoms with Gasteiger partial charge in [-0.05, 0) is 60.5 Å². The molecular formula is C32H30F3NO7. The van der Waals surface area contributed by atoms with Crippen LogP contribution in [0.25, 0.3) is 11.0 Å². The summed E-state index contributed by atoms with van der Waals surface area (Å²) in [6, 6.07) is 15.3. The maximum Gasteiger partial charge on any atom is 0.453 e. The van der Waals surface area contributed by atoms with E-state index in [9.17, 15) is 22.8 Å². The molecule has 0 N–H and O–H groups in total. The second-order valence-electron chi connectivity index (χ2n) is 10.0. The summed E-state index contributed by atoms with van der Waals surface area (Å²) < 4.78 is 70.3. The van der Waals surface area contributed by atoms with Gasteiger partial charge < -0.3 is 23.4 Å². The normalized spacial score (nSPS) is 14.1. The molecule has 8 nitrogen and oxygen atoms in total. The van der Waals surface area contributed by atoms with Crippen molar-refractivity contribution in [2.24, 2.45) is 0 Å². The monoisotopic (exact) mass is 597 g/mol. The first-order chi connectivity index (χ1) is 20.7. The van der Waals surface area contributed by atoms with Crippen molar-refractivity contribution in [2.45, 2.75) is 32.5 Å². The van der Waals surface area contributed by atoms with E-state index in [1.54, 1.807) is 24.3 Å². The first kappa shape index (κ1) is 30.1. The number of morpholine rings is 1. The molecule has 0 spiro atoms. The zero-order chi connectivity index (χ0) is 30.6. The molecule has 1 aliphatic rings. The predicted octanol–water partition coefficient (Wildman–Crippen LogP) is 6.62. The third-order valence-corrected chi connectivity index (χ3v) is 7.03. The van der Waals surface area contributed by atoms with Crippen molar-refractivity contribution >= 4 is 16.9 Å². The van der Waals surface area contributed by atoms with Gasteiger partial charge in [0.1, 0.15) is 22.8 Å². The molecule has 1 aromatic heterocycles. The highest BCUT2D eigenvalue weighted by molar-refractivity contribution is 5.92. The van der Waals surface area contributed by atoms with Crippen LogP contribution in [0.3, 0.4) is 0 Å². The van der Waals surface area contributed by atoms with Gasteiger partial charge in [-0.1, -0.05) is 25.5 Å². The summed E-state index contributed by atoms with van der Waals surface area (Å²) in [5.74, 6) is -2.72. The number of carbonyl (C=O) groups is 1. The molecule has 5 rings (SSSR count). The molecule has 1 saturated heterocycles. The molecule has 0 atom stereocenters. The Bertz CT molecular complexity index is 1640. The second-order valence-corrected chi connectivity index (χ2v) is 10.0. The molecule has 3 aromatic carbocycles. The number of rotatable bonds is 9. The van der Waals surface area contributed by atoms with E-state index in [0.29, 0.717) is 32.1 Å². The van der Waals surface area contributed by atoms with Crippen LogP contribution in [0, 0.1) is 0 Å². The van der Waals surface area contributed by atoms with Crippen LogP contribution < -0.4 is 19.6 Å². The fourth-order valence-electron chi connectivity index (χ4n) is 4.80. The number of methoxy groups -OCH3 is 1. The molecule has 226 valence electrons. The van der Waals surface area contributed by atoms with Crippen LogP contribution >= 0.6 is 0 Å². The van der Waals surface area contributed by atoms with Gasteiger partial charge in [0.25, 0.3) is 5.76 Å². The molecule has 0 amide bonds. The number of halogens is 3. The number of aryl methyl sites for hydroxylation is 1. The number of benzene rings is 3. The number of hydrogen-bond donors (Lipinski definition) is 0. The number of hydrogen-bond acceptors (Lipinski definition) is 8. The van der Waals surface area contributed by atoms with Crippen molar-refractivity contribution in [1.82, 2.24) is 4.90 Å². The van der Waals surface area contributed by atoms with E-state index in [1.165, 1.54) is 43.5 Å². The number of carbonyl (C=O) groups excluding carboxylic acids is 1. The Morgan fingerprint density at radius 1 is 0.953 bits per heavy atom. The number of esters is 1. The summed E-state index contributed by atoms with van der Waals surface area (Å²) >= 11 is 0. The van der Waals surface area contributed by atoms with Crippen LogP contribution in [0.1, 0.15) is 40.6 Å². The van der Waals surface area contributed by atoms with Crippen molar-refractivity contribution in [2.75, 3.05) is 33.4 Å². The van der Waals surface area contributed by atoms with Gasteiger partial charge in [0.2, 0.25) is 11.2 Å². The van der Waals surface area contributed by atoms with Crippen LogP contribution in [0.15, 0.2) is 69.9 Å². The van der Waals surface area contributed by atoms with E-state index < -0.39 is 29.1 Å². The first-order valence-electron chi connectivity index (χ1n) is 13.8. The highest BCUT2D eigenvalue weighted by Gasteiger charge is 2.41. The lowest BCUT2D eigenvalue weighted by Crippen LogP contribution is -2.36. The number of alkyl halides is 3. The van der Waals surface area contributed by atoms with Crippen molar-refractivity contribution in [3.63, 3.8) is 0 Å². The summed E-state index contributed by atoms with van der Waals surface area (Å²) in [6.45, 7) is 3.85. The van der Waals surface area contributed by atoms with E-state index in [2.05, 4.69) is 0 Å². The Morgan fingerprint density at radius 2 is 1.63 bits per heavy atom. The van der Waals surface area contributed by atoms with Gasteiger partial charge in [-0.25, -0.2) is 4.79 Å². The van der Waals surface area contributed by atoms with Crippen LogP contribution in [0.5, 0.6) is 23.0 Å². The highest BCUT2D eigenvalue weighted by atomic mass is 19.4. The lowest BCUT2D eigenvalue weighted by atomic mass is 10.1. The predicted molar refractivity (Wildman–Crippen MR) is 152 cm³/mol. The Balaban J connectivity index is 1.61. The smallest absolute Gasteiger partial charge is 0.453 e. The Labute approximate surface area is 245 Å². The van der Waals surface area contributed by atoms with Gasteiger partial charge in [-0.15, -0.1) is 0 Å². The van der Waals surface area contributed by atoms with Crippen molar-refractivity contribution in [3.05, 3.63) is 93.3 Å². The third kappa shape index (κ3) is 6.84. The largest absolute Gasteiger partial charge is 0.497 e. The van der Waals surface area contributed by atoms with Crippen LogP contribution in [0.2, 0.25) is 0 Å². The average molecular weight is 598 g/mol.